The molecule has 0 aliphatic carbocycles. The van der Waals surface area contributed by atoms with Gasteiger partial charge in [0.1, 0.15) is 11.4 Å². The van der Waals surface area contributed by atoms with E-state index in [9.17, 15) is 0 Å². The minimum atomic E-state index is 0.237. The maximum absolute atomic E-state index is 5.76. The third-order valence-electron chi connectivity index (χ3n) is 5.52. The lowest BCUT2D eigenvalue weighted by atomic mass is 10.1. The third-order valence-corrected chi connectivity index (χ3v) is 5.52. The molecule has 1 N–H and O–H groups in total. The maximum Gasteiger partial charge on any atom is 0.211 e. The normalized spacial score (nSPS) is 19.6. The van der Waals surface area contributed by atoms with Crippen LogP contribution >= 0.6 is 0 Å². The zero-order valence-electron chi connectivity index (χ0n) is 16.1. The second-order valence-electron chi connectivity index (χ2n) is 7.40. The Morgan fingerprint density at radius 1 is 1.21 bits per heavy atom. The average Bonchev–Trinajstić information content (AvgIpc) is 3.16. The highest BCUT2D eigenvalue weighted by Gasteiger charge is 2.27. The second-order valence-corrected chi connectivity index (χ2v) is 7.40. The summed E-state index contributed by atoms with van der Waals surface area (Å²) in [5.74, 6) is 1.87. The SMILES string of the molecule is CN(Cc1cn2c(N3CCNCC3)nccc2n1)C1CCOc2cccnc21. The van der Waals surface area contributed by atoms with Crippen molar-refractivity contribution in [2.75, 3.05) is 44.7 Å². The molecule has 0 spiro atoms. The van der Waals surface area contributed by atoms with Gasteiger partial charge in [0.05, 0.1) is 24.0 Å². The minimum absolute atomic E-state index is 0.237. The van der Waals surface area contributed by atoms with Crippen molar-refractivity contribution in [1.82, 2.24) is 29.6 Å². The number of rotatable bonds is 4. The van der Waals surface area contributed by atoms with Crippen LogP contribution < -0.4 is 15.0 Å². The lowest BCUT2D eigenvalue weighted by molar-refractivity contribution is 0.155. The zero-order valence-corrected chi connectivity index (χ0v) is 16.1. The predicted molar refractivity (Wildman–Crippen MR) is 107 cm³/mol. The summed E-state index contributed by atoms with van der Waals surface area (Å²) >= 11 is 0. The van der Waals surface area contributed by atoms with Gasteiger partial charge in [0, 0.05) is 57.7 Å². The van der Waals surface area contributed by atoms with Crippen LogP contribution in [0.4, 0.5) is 5.95 Å². The Morgan fingerprint density at radius 3 is 3.00 bits per heavy atom. The quantitative estimate of drug-likeness (QED) is 0.736. The van der Waals surface area contributed by atoms with E-state index < -0.39 is 0 Å². The van der Waals surface area contributed by atoms with Crippen LogP contribution in [0.15, 0.2) is 36.8 Å². The fourth-order valence-corrected chi connectivity index (χ4v) is 4.12. The van der Waals surface area contributed by atoms with Crippen molar-refractivity contribution >= 4 is 11.6 Å². The molecule has 2 aliphatic heterocycles. The van der Waals surface area contributed by atoms with Gasteiger partial charge in [-0.15, -0.1) is 0 Å². The minimum Gasteiger partial charge on any atom is -0.492 e. The molecule has 1 saturated heterocycles. The van der Waals surface area contributed by atoms with Crippen molar-refractivity contribution in [3.05, 3.63) is 48.2 Å². The standard InChI is InChI=1S/C20H25N7O/c1-25(16-5-12-28-17-3-2-6-22-19(16)17)13-15-14-27-18(24-15)4-7-23-20(27)26-10-8-21-9-11-26/h2-4,6-7,14,16,21H,5,8-13H2,1H3. The number of fused-ring (bicyclic) bond motifs is 2. The first-order valence-corrected chi connectivity index (χ1v) is 9.86. The summed E-state index contributed by atoms with van der Waals surface area (Å²) in [6.45, 7) is 5.37. The number of pyridine rings is 1. The largest absolute Gasteiger partial charge is 0.492 e. The summed E-state index contributed by atoms with van der Waals surface area (Å²) in [6.07, 6.45) is 6.74. The van der Waals surface area contributed by atoms with Crippen molar-refractivity contribution < 1.29 is 4.74 Å². The lowest BCUT2D eigenvalue weighted by Gasteiger charge is -2.31. The average molecular weight is 379 g/mol. The van der Waals surface area contributed by atoms with Gasteiger partial charge in [-0.2, -0.15) is 0 Å². The van der Waals surface area contributed by atoms with Gasteiger partial charge < -0.3 is 15.0 Å². The smallest absolute Gasteiger partial charge is 0.211 e. The fourth-order valence-electron chi connectivity index (χ4n) is 4.12. The number of imidazole rings is 1. The van der Waals surface area contributed by atoms with E-state index in [4.69, 9.17) is 9.72 Å². The maximum atomic E-state index is 5.76. The number of nitrogens with zero attached hydrogens (tertiary/aromatic N) is 6. The van der Waals surface area contributed by atoms with Crippen molar-refractivity contribution in [1.29, 1.82) is 0 Å². The summed E-state index contributed by atoms with van der Waals surface area (Å²) in [5.41, 5.74) is 3.00. The van der Waals surface area contributed by atoms with E-state index in [1.807, 2.05) is 30.6 Å². The number of hydrogen-bond donors (Lipinski definition) is 1. The monoisotopic (exact) mass is 379 g/mol. The molecule has 0 amide bonds. The molecule has 1 unspecified atom stereocenters. The molecule has 0 saturated carbocycles. The predicted octanol–water partition coefficient (Wildman–Crippen LogP) is 1.49. The highest BCUT2D eigenvalue weighted by atomic mass is 16.5. The first-order valence-electron chi connectivity index (χ1n) is 9.86. The Hall–Kier alpha value is -2.71. The Bertz CT molecular complexity index is 966. The van der Waals surface area contributed by atoms with Crippen LogP contribution in [-0.4, -0.2) is 64.1 Å². The van der Waals surface area contributed by atoms with E-state index >= 15 is 0 Å². The van der Waals surface area contributed by atoms with Gasteiger partial charge >= 0.3 is 0 Å². The van der Waals surface area contributed by atoms with Crippen LogP contribution in [0.25, 0.3) is 5.65 Å². The Labute approximate surface area is 164 Å². The van der Waals surface area contributed by atoms with E-state index in [0.717, 1.165) is 74.5 Å². The van der Waals surface area contributed by atoms with Gasteiger partial charge in [0.15, 0.2) is 0 Å². The highest BCUT2D eigenvalue weighted by Crippen LogP contribution is 2.34. The van der Waals surface area contributed by atoms with E-state index in [0.29, 0.717) is 0 Å². The number of nitrogens with one attached hydrogen (secondary N) is 1. The molecule has 3 aromatic heterocycles. The number of anilines is 1. The van der Waals surface area contributed by atoms with E-state index in [1.165, 1.54) is 0 Å². The van der Waals surface area contributed by atoms with E-state index in [2.05, 4.69) is 42.7 Å². The molecule has 1 fully saturated rings. The van der Waals surface area contributed by atoms with Crippen LogP contribution in [0.1, 0.15) is 23.9 Å². The summed E-state index contributed by atoms with van der Waals surface area (Å²) < 4.78 is 7.87. The Balaban J connectivity index is 1.40. The number of ether oxygens (including phenoxy) is 1. The van der Waals surface area contributed by atoms with Crippen molar-refractivity contribution in [2.24, 2.45) is 0 Å². The molecule has 3 aromatic rings. The number of aromatic nitrogens is 4. The van der Waals surface area contributed by atoms with Gasteiger partial charge in [-0.05, 0) is 25.2 Å². The molecule has 0 bridgehead atoms. The summed E-state index contributed by atoms with van der Waals surface area (Å²) in [6, 6.07) is 6.13. The van der Waals surface area contributed by atoms with Crippen molar-refractivity contribution in [3.8, 4) is 5.75 Å². The topological polar surface area (TPSA) is 70.8 Å². The lowest BCUT2D eigenvalue weighted by Crippen LogP contribution is -2.44. The molecule has 1 atom stereocenters. The van der Waals surface area contributed by atoms with Crippen LogP contribution in [0.3, 0.4) is 0 Å². The van der Waals surface area contributed by atoms with Gasteiger partial charge in [-0.25, -0.2) is 9.97 Å². The fraction of sp³-hybridized carbons (Fsp3) is 0.450. The molecule has 0 aromatic carbocycles. The molecular formula is C20H25N7O. The van der Waals surface area contributed by atoms with Gasteiger partial charge in [-0.3, -0.25) is 14.3 Å². The van der Waals surface area contributed by atoms with Gasteiger partial charge in [-0.1, -0.05) is 0 Å². The molecule has 8 heteroatoms. The van der Waals surface area contributed by atoms with Crippen molar-refractivity contribution in [2.45, 2.75) is 19.0 Å². The molecule has 2 aliphatic rings. The molecule has 146 valence electrons. The van der Waals surface area contributed by atoms with Crippen LogP contribution in [0.5, 0.6) is 5.75 Å². The Morgan fingerprint density at radius 2 is 2.11 bits per heavy atom. The molecule has 5 rings (SSSR count). The number of hydrogen-bond acceptors (Lipinski definition) is 7. The summed E-state index contributed by atoms with van der Waals surface area (Å²) in [7, 11) is 2.13. The van der Waals surface area contributed by atoms with Crippen LogP contribution in [-0.2, 0) is 6.54 Å². The summed E-state index contributed by atoms with van der Waals surface area (Å²) in [4.78, 5) is 18.7. The van der Waals surface area contributed by atoms with Crippen LogP contribution in [0, 0.1) is 0 Å². The second kappa shape index (κ2) is 7.37. The molecule has 28 heavy (non-hydrogen) atoms. The summed E-state index contributed by atoms with van der Waals surface area (Å²) in [5, 5.41) is 3.39. The Kier molecular flexibility index (Phi) is 4.58. The molecular weight excluding hydrogens is 354 g/mol. The van der Waals surface area contributed by atoms with E-state index in [-0.39, 0.29) is 6.04 Å². The molecule has 0 radical (unpaired) electrons. The third kappa shape index (κ3) is 3.18. The first-order chi connectivity index (χ1) is 13.8. The highest BCUT2D eigenvalue weighted by molar-refractivity contribution is 5.48. The van der Waals surface area contributed by atoms with Crippen molar-refractivity contribution in [3.63, 3.8) is 0 Å². The van der Waals surface area contributed by atoms with Gasteiger partial charge in [0.25, 0.3) is 0 Å². The number of piperazine rings is 1. The van der Waals surface area contributed by atoms with E-state index in [1.54, 1.807) is 0 Å². The molecule has 8 nitrogen and oxygen atoms in total. The first kappa shape index (κ1) is 17.4. The van der Waals surface area contributed by atoms with Gasteiger partial charge in [0.2, 0.25) is 5.95 Å². The van der Waals surface area contributed by atoms with Crippen LogP contribution in [0.2, 0.25) is 0 Å². The zero-order chi connectivity index (χ0) is 18.9. The molecule has 5 heterocycles.